The van der Waals surface area contributed by atoms with Gasteiger partial charge < -0.3 is 9.64 Å². The topological polar surface area (TPSA) is 64.4 Å². The Kier molecular flexibility index (Phi) is 5.90. The van der Waals surface area contributed by atoms with Gasteiger partial charge in [0, 0.05) is 25.1 Å². The van der Waals surface area contributed by atoms with Crippen LogP contribution in [-0.4, -0.2) is 52.4 Å². The number of amides is 1. The van der Waals surface area contributed by atoms with E-state index in [9.17, 15) is 9.59 Å². The van der Waals surface area contributed by atoms with Gasteiger partial charge in [0.2, 0.25) is 5.91 Å². The Bertz CT molecular complexity index is 1010. The molecule has 0 N–H and O–H groups in total. The van der Waals surface area contributed by atoms with Crippen LogP contribution in [0.1, 0.15) is 49.0 Å². The summed E-state index contributed by atoms with van der Waals surface area (Å²) in [4.78, 5) is 35.1. The van der Waals surface area contributed by atoms with Crippen molar-refractivity contribution >= 4 is 39.2 Å². The molecule has 0 radical (unpaired) electrons. The molecular weight excluding hydrogens is 418 g/mol. The Morgan fingerprint density at radius 1 is 1.27 bits per heavy atom. The molecule has 0 spiro atoms. The molecule has 5 rings (SSSR count). The van der Waals surface area contributed by atoms with Crippen LogP contribution in [0.4, 0.5) is 0 Å². The van der Waals surface area contributed by atoms with Gasteiger partial charge in [0.25, 0.3) is 5.56 Å². The molecule has 8 heteroatoms. The second-order valence-corrected chi connectivity index (χ2v) is 10.9. The highest BCUT2D eigenvalue weighted by atomic mass is 32.2. The monoisotopic (exact) mass is 447 g/mol. The molecule has 0 bridgehead atoms. The average Bonchev–Trinajstić information content (AvgIpc) is 3.25. The lowest BCUT2D eigenvalue weighted by Crippen LogP contribution is -2.32. The van der Waals surface area contributed by atoms with Gasteiger partial charge in [-0.3, -0.25) is 14.2 Å². The fourth-order valence-corrected chi connectivity index (χ4v) is 6.76. The van der Waals surface area contributed by atoms with E-state index in [2.05, 4.69) is 0 Å². The van der Waals surface area contributed by atoms with Crippen LogP contribution >= 0.6 is 23.1 Å². The number of rotatable bonds is 7. The largest absolute Gasteiger partial charge is 0.376 e. The van der Waals surface area contributed by atoms with Gasteiger partial charge in [0.15, 0.2) is 5.16 Å². The molecule has 2 aromatic rings. The molecule has 1 unspecified atom stereocenters. The standard InChI is InChI=1S/C22H29N3O3S2/c1-24(11-14-8-9-14)18(26)13-29-22-23-20-19(16-6-2-3-7-17(16)30-20)21(27)25(22)12-15-5-4-10-28-15/h14-15H,2-13H2,1H3. The van der Waals surface area contributed by atoms with E-state index in [-0.39, 0.29) is 17.6 Å². The average molecular weight is 448 g/mol. The van der Waals surface area contributed by atoms with Gasteiger partial charge in [-0.15, -0.1) is 11.3 Å². The van der Waals surface area contributed by atoms with E-state index in [0.717, 1.165) is 55.5 Å². The van der Waals surface area contributed by atoms with Crippen LogP contribution in [0.15, 0.2) is 9.95 Å². The molecule has 162 valence electrons. The van der Waals surface area contributed by atoms with E-state index in [1.807, 2.05) is 11.9 Å². The van der Waals surface area contributed by atoms with Crippen molar-refractivity contribution in [2.24, 2.45) is 5.92 Å². The van der Waals surface area contributed by atoms with Gasteiger partial charge in [-0.05, 0) is 62.8 Å². The minimum absolute atomic E-state index is 0.0520. The van der Waals surface area contributed by atoms with Crippen LogP contribution in [0.5, 0.6) is 0 Å². The van der Waals surface area contributed by atoms with Crippen LogP contribution in [-0.2, 0) is 28.9 Å². The molecule has 1 saturated carbocycles. The lowest BCUT2D eigenvalue weighted by atomic mass is 9.97. The number of carbonyl (C=O) groups is 1. The lowest BCUT2D eigenvalue weighted by molar-refractivity contribution is -0.127. The summed E-state index contributed by atoms with van der Waals surface area (Å²) < 4.78 is 7.61. The molecule has 6 nitrogen and oxygen atoms in total. The number of aromatic nitrogens is 2. The third kappa shape index (κ3) is 4.18. The molecule has 30 heavy (non-hydrogen) atoms. The molecule has 1 aliphatic heterocycles. The fourth-order valence-electron chi connectivity index (χ4n) is 4.51. The van der Waals surface area contributed by atoms with Crippen LogP contribution in [0, 0.1) is 5.92 Å². The van der Waals surface area contributed by atoms with Gasteiger partial charge in [0.1, 0.15) is 4.83 Å². The highest BCUT2D eigenvalue weighted by Gasteiger charge is 2.27. The quantitative estimate of drug-likeness (QED) is 0.480. The highest BCUT2D eigenvalue weighted by molar-refractivity contribution is 7.99. The normalized spacial score (nSPS) is 21.2. The molecule has 1 atom stereocenters. The van der Waals surface area contributed by atoms with Gasteiger partial charge in [-0.2, -0.15) is 0 Å². The third-order valence-corrected chi connectivity index (χ3v) is 8.58. The van der Waals surface area contributed by atoms with Crippen molar-refractivity contribution in [1.82, 2.24) is 14.5 Å². The number of aryl methyl sites for hydroxylation is 2. The molecule has 3 aliphatic rings. The predicted molar refractivity (Wildman–Crippen MR) is 121 cm³/mol. The van der Waals surface area contributed by atoms with Gasteiger partial charge in [-0.1, -0.05) is 11.8 Å². The van der Waals surface area contributed by atoms with E-state index in [1.54, 1.807) is 15.9 Å². The molecule has 2 aliphatic carbocycles. The van der Waals surface area contributed by atoms with Crippen molar-refractivity contribution in [3.05, 3.63) is 20.8 Å². The first-order valence-electron chi connectivity index (χ1n) is 11.1. The molecule has 2 aromatic heterocycles. The minimum Gasteiger partial charge on any atom is -0.376 e. The van der Waals surface area contributed by atoms with Crippen LogP contribution in [0.25, 0.3) is 10.2 Å². The number of carbonyl (C=O) groups excluding carboxylic acids is 1. The molecular formula is C22H29N3O3S2. The number of ether oxygens (including phenoxy) is 1. The Hall–Kier alpha value is -1.38. The van der Waals surface area contributed by atoms with Crippen molar-refractivity contribution in [3.8, 4) is 0 Å². The van der Waals surface area contributed by atoms with E-state index >= 15 is 0 Å². The van der Waals surface area contributed by atoms with Crippen LogP contribution in [0.3, 0.4) is 0 Å². The van der Waals surface area contributed by atoms with E-state index < -0.39 is 0 Å². The smallest absolute Gasteiger partial charge is 0.263 e. The number of thioether (sulfide) groups is 1. The first-order valence-corrected chi connectivity index (χ1v) is 12.9. The van der Waals surface area contributed by atoms with Crippen LogP contribution in [0.2, 0.25) is 0 Å². The zero-order chi connectivity index (χ0) is 20.7. The van der Waals surface area contributed by atoms with Crippen molar-refractivity contribution in [3.63, 3.8) is 0 Å². The van der Waals surface area contributed by atoms with E-state index in [4.69, 9.17) is 9.72 Å². The van der Waals surface area contributed by atoms with E-state index in [0.29, 0.717) is 23.4 Å². The SMILES string of the molecule is CN(CC1CC1)C(=O)CSc1nc2sc3c(c2c(=O)n1CC1CCCO1)CCCC3. The van der Waals surface area contributed by atoms with Crippen molar-refractivity contribution < 1.29 is 9.53 Å². The minimum atomic E-state index is 0.0520. The van der Waals surface area contributed by atoms with E-state index in [1.165, 1.54) is 41.5 Å². The zero-order valence-corrected chi connectivity index (χ0v) is 19.2. The van der Waals surface area contributed by atoms with Crippen molar-refractivity contribution in [1.29, 1.82) is 0 Å². The maximum Gasteiger partial charge on any atom is 0.263 e. The lowest BCUT2D eigenvalue weighted by Gasteiger charge is -2.18. The zero-order valence-electron chi connectivity index (χ0n) is 17.5. The summed E-state index contributed by atoms with van der Waals surface area (Å²) in [6, 6.07) is 0. The summed E-state index contributed by atoms with van der Waals surface area (Å²) >= 11 is 3.07. The molecule has 1 saturated heterocycles. The summed E-state index contributed by atoms with van der Waals surface area (Å²) in [5, 5.41) is 1.48. The summed E-state index contributed by atoms with van der Waals surface area (Å²) in [5.74, 6) is 1.10. The molecule has 1 amide bonds. The Labute approximate surface area is 185 Å². The van der Waals surface area contributed by atoms with Gasteiger partial charge in [0.05, 0.1) is 23.8 Å². The first-order chi connectivity index (χ1) is 14.6. The number of hydrogen-bond acceptors (Lipinski definition) is 6. The van der Waals surface area contributed by atoms with Crippen LogP contribution < -0.4 is 5.56 Å². The first kappa shape index (κ1) is 20.5. The third-order valence-electron chi connectivity index (χ3n) is 6.43. The highest BCUT2D eigenvalue weighted by Crippen LogP contribution is 2.35. The number of hydrogen-bond donors (Lipinski definition) is 0. The van der Waals surface area contributed by atoms with Gasteiger partial charge >= 0.3 is 0 Å². The fraction of sp³-hybridized carbons (Fsp3) is 0.682. The Balaban J connectivity index is 1.45. The number of fused-ring (bicyclic) bond motifs is 3. The summed E-state index contributed by atoms with van der Waals surface area (Å²) in [6.45, 7) is 2.13. The second-order valence-electron chi connectivity index (χ2n) is 8.84. The van der Waals surface area contributed by atoms with Crippen molar-refractivity contribution in [2.45, 2.75) is 69.2 Å². The Morgan fingerprint density at radius 2 is 2.10 bits per heavy atom. The summed E-state index contributed by atoms with van der Waals surface area (Å²) in [5.41, 5.74) is 1.27. The second kappa shape index (κ2) is 8.63. The molecule has 3 heterocycles. The molecule has 2 fully saturated rings. The van der Waals surface area contributed by atoms with Crippen molar-refractivity contribution in [2.75, 3.05) is 26.0 Å². The maximum atomic E-state index is 13.6. The van der Waals surface area contributed by atoms with Gasteiger partial charge in [-0.25, -0.2) is 4.98 Å². The molecule has 0 aromatic carbocycles. The number of thiophene rings is 1. The Morgan fingerprint density at radius 3 is 2.87 bits per heavy atom. The maximum absolute atomic E-state index is 13.6. The predicted octanol–water partition coefficient (Wildman–Crippen LogP) is 3.48. The number of nitrogens with zero attached hydrogens (tertiary/aromatic N) is 3. The summed E-state index contributed by atoms with van der Waals surface area (Å²) in [7, 11) is 1.88. The summed E-state index contributed by atoms with van der Waals surface area (Å²) in [6.07, 6.45) is 8.88.